The van der Waals surface area contributed by atoms with Gasteiger partial charge in [0.1, 0.15) is 0 Å². The molecule has 2 rings (SSSR count). The molecule has 2 aromatic rings. The lowest BCUT2D eigenvalue weighted by Gasteiger charge is -2.10. The minimum Gasteiger partial charge on any atom is -0.501 e. The Morgan fingerprint density at radius 2 is 1.67 bits per heavy atom. The van der Waals surface area contributed by atoms with Gasteiger partial charge in [0.2, 0.25) is 11.5 Å². The van der Waals surface area contributed by atoms with Gasteiger partial charge in [0.05, 0.1) is 14.2 Å². The van der Waals surface area contributed by atoms with Gasteiger partial charge in [-0.1, -0.05) is 30.3 Å². The molecule has 1 N–H and O–H groups in total. The molecule has 1 aromatic carbocycles. The third kappa shape index (κ3) is 1.90. The predicted octanol–water partition coefficient (Wildman–Crippen LogP) is 2.03. The molecule has 94 valence electrons. The zero-order chi connectivity index (χ0) is 13.1. The number of aromatic hydroxyl groups is 1. The van der Waals surface area contributed by atoms with Crippen molar-refractivity contribution in [3.05, 3.63) is 40.8 Å². The van der Waals surface area contributed by atoms with Crippen molar-refractivity contribution >= 4 is 0 Å². The number of ether oxygens (including phenoxy) is 2. The van der Waals surface area contributed by atoms with E-state index in [1.54, 1.807) is 24.3 Å². The van der Waals surface area contributed by atoms with Crippen LogP contribution in [0.25, 0.3) is 11.3 Å². The monoisotopic (exact) mass is 248 g/mol. The fourth-order valence-corrected chi connectivity index (χ4v) is 1.64. The average molecular weight is 248 g/mol. The molecule has 0 unspecified atom stereocenters. The van der Waals surface area contributed by atoms with Crippen LogP contribution in [0.4, 0.5) is 0 Å². The second-order valence-electron chi connectivity index (χ2n) is 3.50. The summed E-state index contributed by atoms with van der Waals surface area (Å²) < 4.78 is 15.0. The summed E-state index contributed by atoms with van der Waals surface area (Å²) in [6.07, 6.45) is 0. The molecule has 0 aliphatic rings. The summed E-state index contributed by atoms with van der Waals surface area (Å²) in [5, 5.41) is 9.90. The predicted molar refractivity (Wildman–Crippen MR) is 65.2 cm³/mol. The molecule has 18 heavy (non-hydrogen) atoms. The smallest absolute Gasteiger partial charge is 0.383 e. The molecular formula is C13H12O5. The summed E-state index contributed by atoms with van der Waals surface area (Å²) in [4.78, 5) is 11.6. The molecule has 0 fully saturated rings. The summed E-state index contributed by atoms with van der Waals surface area (Å²) in [5.41, 5.74) is -0.126. The molecule has 0 aliphatic heterocycles. The highest BCUT2D eigenvalue weighted by Crippen LogP contribution is 2.40. The van der Waals surface area contributed by atoms with Crippen LogP contribution in [0.2, 0.25) is 0 Å². The van der Waals surface area contributed by atoms with Crippen LogP contribution in [0.3, 0.4) is 0 Å². The second-order valence-corrected chi connectivity index (χ2v) is 3.50. The minimum absolute atomic E-state index is 0.0673. The van der Waals surface area contributed by atoms with Crippen LogP contribution in [0.5, 0.6) is 17.2 Å². The third-order valence-electron chi connectivity index (χ3n) is 2.46. The van der Waals surface area contributed by atoms with Crippen molar-refractivity contribution in [3.63, 3.8) is 0 Å². The molecule has 1 heterocycles. The van der Waals surface area contributed by atoms with Crippen molar-refractivity contribution in [1.82, 2.24) is 0 Å². The van der Waals surface area contributed by atoms with Gasteiger partial charge in [-0.15, -0.1) is 0 Å². The SMILES string of the molecule is COc1c(-c2ccccc2)oc(=O)c(OC)c1O. The van der Waals surface area contributed by atoms with Gasteiger partial charge < -0.3 is 19.0 Å². The molecule has 5 nitrogen and oxygen atoms in total. The van der Waals surface area contributed by atoms with E-state index in [2.05, 4.69) is 0 Å². The van der Waals surface area contributed by atoms with Crippen LogP contribution < -0.4 is 15.1 Å². The van der Waals surface area contributed by atoms with E-state index in [9.17, 15) is 9.90 Å². The summed E-state index contributed by atoms with van der Waals surface area (Å²) in [6, 6.07) is 8.89. The quantitative estimate of drug-likeness (QED) is 0.900. The van der Waals surface area contributed by atoms with E-state index in [0.717, 1.165) is 0 Å². The third-order valence-corrected chi connectivity index (χ3v) is 2.46. The van der Waals surface area contributed by atoms with Crippen LogP contribution >= 0.6 is 0 Å². The molecule has 0 atom stereocenters. The topological polar surface area (TPSA) is 68.9 Å². The Labute approximate surface area is 103 Å². The summed E-state index contributed by atoms with van der Waals surface area (Å²) in [7, 11) is 2.65. The molecule has 5 heteroatoms. The van der Waals surface area contributed by atoms with E-state index in [0.29, 0.717) is 5.56 Å². The zero-order valence-electron chi connectivity index (χ0n) is 9.97. The number of methoxy groups -OCH3 is 2. The van der Waals surface area contributed by atoms with Crippen LogP contribution in [0.15, 0.2) is 39.5 Å². The molecule has 0 radical (unpaired) electrons. The van der Waals surface area contributed by atoms with Crippen molar-refractivity contribution in [1.29, 1.82) is 0 Å². The van der Waals surface area contributed by atoms with Crippen molar-refractivity contribution in [2.45, 2.75) is 0 Å². The molecule has 0 amide bonds. The Morgan fingerprint density at radius 3 is 2.22 bits per heavy atom. The average Bonchev–Trinajstić information content (AvgIpc) is 2.39. The maximum absolute atomic E-state index is 11.6. The fraction of sp³-hybridized carbons (Fsp3) is 0.154. The van der Waals surface area contributed by atoms with Gasteiger partial charge in [-0.3, -0.25) is 0 Å². The van der Waals surface area contributed by atoms with Crippen molar-refractivity contribution in [2.75, 3.05) is 14.2 Å². The highest BCUT2D eigenvalue weighted by molar-refractivity contribution is 5.69. The summed E-state index contributed by atoms with van der Waals surface area (Å²) >= 11 is 0. The Hall–Kier alpha value is -2.43. The fourth-order valence-electron chi connectivity index (χ4n) is 1.64. The number of hydrogen-bond acceptors (Lipinski definition) is 5. The van der Waals surface area contributed by atoms with Crippen LogP contribution in [0.1, 0.15) is 0 Å². The Kier molecular flexibility index (Phi) is 3.23. The standard InChI is InChI=1S/C13H12O5/c1-16-11-9(14)12(17-2)13(15)18-10(11)8-6-4-3-5-7-8/h3-7,14H,1-2H3. The Bertz CT molecular complexity index is 601. The highest BCUT2D eigenvalue weighted by Gasteiger charge is 2.21. The maximum atomic E-state index is 11.6. The number of hydrogen-bond donors (Lipinski definition) is 1. The highest BCUT2D eigenvalue weighted by atomic mass is 16.5. The van der Waals surface area contributed by atoms with E-state index in [1.165, 1.54) is 14.2 Å². The molecular weight excluding hydrogens is 236 g/mol. The van der Waals surface area contributed by atoms with Gasteiger partial charge in [-0.05, 0) is 0 Å². The second kappa shape index (κ2) is 4.83. The van der Waals surface area contributed by atoms with E-state index in [-0.39, 0.29) is 23.0 Å². The van der Waals surface area contributed by atoms with Gasteiger partial charge in [-0.25, -0.2) is 4.79 Å². The van der Waals surface area contributed by atoms with Crippen LogP contribution in [-0.2, 0) is 0 Å². The number of rotatable bonds is 3. The van der Waals surface area contributed by atoms with Crippen molar-refractivity contribution in [2.24, 2.45) is 0 Å². The van der Waals surface area contributed by atoms with Crippen molar-refractivity contribution < 1.29 is 19.0 Å². The zero-order valence-corrected chi connectivity index (χ0v) is 9.97. The normalized spacial score (nSPS) is 10.1. The van der Waals surface area contributed by atoms with Crippen LogP contribution in [0, 0.1) is 0 Å². The first-order chi connectivity index (χ1) is 8.69. The number of benzene rings is 1. The maximum Gasteiger partial charge on any atom is 0.383 e. The molecule has 0 bridgehead atoms. The largest absolute Gasteiger partial charge is 0.501 e. The first-order valence-corrected chi connectivity index (χ1v) is 5.22. The molecule has 0 aliphatic carbocycles. The lowest BCUT2D eigenvalue weighted by Crippen LogP contribution is -2.06. The molecule has 0 saturated heterocycles. The lowest BCUT2D eigenvalue weighted by molar-refractivity contribution is 0.309. The minimum atomic E-state index is -0.755. The van der Waals surface area contributed by atoms with E-state index >= 15 is 0 Å². The summed E-state index contributed by atoms with van der Waals surface area (Å²) in [5.74, 6) is -0.402. The lowest BCUT2D eigenvalue weighted by atomic mass is 10.1. The first kappa shape index (κ1) is 12.0. The Morgan fingerprint density at radius 1 is 1.06 bits per heavy atom. The molecule has 0 spiro atoms. The van der Waals surface area contributed by atoms with E-state index < -0.39 is 5.63 Å². The van der Waals surface area contributed by atoms with E-state index in [4.69, 9.17) is 13.9 Å². The van der Waals surface area contributed by atoms with Crippen molar-refractivity contribution in [3.8, 4) is 28.6 Å². The van der Waals surface area contributed by atoms with Gasteiger partial charge >= 0.3 is 5.63 Å². The van der Waals surface area contributed by atoms with Crippen LogP contribution in [-0.4, -0.2) is 19.3 Å². The Balaban J connectivity index is 2.73. The van der Waals surface area contributed by atoms with E-state index in [1.807, 2.05) is 6.07 Å². The van der Waals surface area contributed by atoms with Gasteiger partial charge in [0.15, 0.2) is 5.76 Å². The van der Waals surface area contributed by atoms with Gasteiger partial charge in [0.25, 0.3) is 5.75 Å². The molecule has 0 saturated carbocycles. The first-order valence-electron chi connectivity index (χ1n) is 5.22. The summed E-state index contributed by atoms with van der Waals surface area (Å²) in [6.45, 7) is 0. The van der Waals surface area contributed by atoms with Gasteiger partial charge in [-0.2, -0.15) is 0 Å². The van der Waals surface area contributed by atoms with Gasteiger partial charge in [0, 0.05) is 5.56 Å². The molecule has 1 aromatic heterocycles.